The van der Waals surface area contributed by atoms with Crippen molar-refractivity contribution in [1.82, 2.24) is 4.90 Å². The van der Waals surface area contributed by atoms with Crippen molar-refractivity contribution in [2.75, 3.05) is 0 Å². The van der Waals surface area contributed by atoms with Crippen LogP contribution < -0.4 is 0 Å². The molecule has 0 heterocycles. The first-order valence-electron chi connectivity index (χ1n) is 9.23. The third-order valence-electron chi connectivity index (χ3n) is 5.52. The molecule has 1 aliphatic rings. The van der Waals surface area contributed by atoms with Gasteiger partial charge in [0.2, 0.25) is 0 Å². The van der Waals surface area contributed by atoms with Gasteiger partial charge >= 0.3 is 0 Å². The van der Waals surface area contributed by atoms with Gasteiger partial charge in [0.25, 0.3) is 0 Å². The minimum Gasteiger partial charge on any atom is -0.390 e. The molecule has 3 rings (SSSR count). The zero-order valence-corrected chi connectivity index (χ0v) is 14.7. The molecule has 0 aliphatic heterocycles. The Morgan fingerprint density at radius 2 is 1.33 bits per heavy atom. The topological polar surface area (TPSA) is 23.5 Å². The van der Waals surface area contributed by atoms with E-state index in [9.17, 15) is 5.11 Å². The molecule has 128 valence electrons. The van der Waals surface area contributed by atoms with Gasteiger partial charge in [0.05, 0.1) is 5.60 Å². The summed E-state index contributed by atoms with van der Waals surface area (Å²) in [5, 5.41) is 10.5. The summed E-state index contributed by atoms with van der Waals surface area (Å²) in [5.74, 6) is 0. The van der Waals surface area contributed by atoms with E-state index in [0.717, 1.165) is 45.2 Å². The lowest BCUT2D eigenvalue weighted by molar-refractivity contribution is -0.0257. The van der Waals surface area contributed by atoms with Gasteiger partial charge in [0, 0.05) is 19.1 Å². The number of rotatable bonds is 6. The van der Waals surface area contributed by atoms with Crippen LogP contribution in [0.1, 0.15) is 50.2 Å². The lowest BCUT2D eigenvalue weighted by Crippen LogP contribution is -2.42. The number of hydrogen-bond acceptors (Lipinski definition) is 2. The fraction of sp³-hybridized carbons (Fsp3) is 0.455. The average Bonchev–Trinajstić information content (AvgIpc) is 2.64. The first-order chi connectivity index (χ1) is 11.7. The maximum Gasteiger partial charge on any atom is 0.0646 e. The molecule has 0 radical (unpaired) electrons. The third kappa shape index (κ3) is 4.46. The summed E-state index contributed by atoms with van der Waals surface area (Å²) >= 11 is 0. The van der Waals surface area contributed by atoms with E-state index in [1.165, 1.54) is 11.1 Å². The molecule has 24 heavy (non-hydrogen) atoms. The summed E-state index contributed by atoms with van der Waals surface area (Å²) in [6.07, 6.45) is 4.90. The minimum atomic E-state index is -0.429. The highest BCUT2D eigenvalue weighted by atomic mass is 16.3. The van der Waals surface area contributed by atoms with Crippen molar-refractivity contribution in [1.29, 1.82) is 0 Å². The molecule has 2 aromatic carbocycles. The van der Waals surface area contributed by atoms with Crippen LogP contribution in [0.5, 0.6) is 0 Å². The number of benzene rings is 2. The molecule has 1 saturated carbocycles. The van der Waals surface area contributed by atoms with Crippen LogP contribution in [0.4, 0.5) is 0 Å². The summed E-state index contributed by atoms with van der Waals surface area (Å²) in [6.45, 7) is 4.06. The summed E-state index contributed by atoms with van der Waals surface area (Å²) in [7, 11) is 0. The monoisotopic (exact) mass is 323 g/mol. The Labute approximate surface area is 146 Å². The molecule has 0 amide bonds. The molecule has 0 saturated heterocycles. The van der Waals surface area contributed by atoms with E-state index in [1.807, 2.05) is 0 Å². The fourth-order valence-electron chi connectivity index (χ4n) is 3.81. The van der Waals surface area contributed by atoms with Crippen molar-refractivity contribution < 1.29 is 5.11 Å². The Morgan fingerprint density at radius 1 is 0.875 bits per heavy atom. The van der Waals surface area contributed by atoms with Crippen molar-refractivity contribution in [3.8, 4) is 0 Å². The molecule has 0 unspecified atom stereocenters. The highest BCUT2D eigenvalue weighted by molar-refractivity contribution is 5.17. The maximum absolute atomic E-state index is 10.5. The molecule has 1 aliphatic carbocycles. The van der Waals surface area contributed by atoms with Crippen LogP contribution >= 0.6 is 0 Å². The Morgan fingerprint density at radius 3 is 1.75 bits per heavy atom. The molecule has 0 aromatic heterocycles. The van der Waals surface area contributed by atoms with E-state index in [0.29, 0.717) is 6.04 Å². The van der Waals surface area contributed by atoms with Gasteiger partial charge in [0.15, 0.2) is 0 Å². The van der Waals surface area contributed by atoms with Crippen LogP contribution in [0.15, 0.2) is 60.7 Å². The van der Waals surface area contributed by atoms with Crippen LogP contribution in [0.3, 0.4) is 0 Å². The Kier molecular flexibility index (Phi) is 5.70. The van der Waals surface area contributed by atoms with E-state index in [2.05, 4.69) is 72.5 Å². The van der Waals surface area contributed by atoms with E-state index in [-0.39, 0.29) is 0 Å². The van der Waals surface area contributed by atoms with Gasteiger partial charge in [0.1, 0.15) is 0 Å². The highest BCUT2D eigenvalue weighted by Gasteiger charge is 2.33. The second-order valence-electron chi connectivity index (χ2n) is 7.19. The van der Waals surface area contributed by atoms with Crippen LogP contribution in [0.2, 0.25) is 0 Å². The molecule has 1 fully saturated rings. The van der Waals surface area contributed by atoms with Gasteiger partial charge in [-0.1, -0.05) is 67.6 Å². The summed E-state index contributed by atoms with van der Waals surface area (Å²) in [5.41, 5.74) is 2.30. The third-order valence-corrected chi connectivity index (χ3v) is 5.52. The first-order valence-corrected chi connectivity index (χ1v) is 9.23. The van der Waals surface area contributed by atoms with Crippen LogP contribution in [0.25, 0.3) is 0 Å². The van der Waals surface area contributed by atoms with E-state index < -0.39 is 5.60 Å². The predicted molar refractivity (Wildman–Crippen MR) is 99.6 cm³/mol. The van der Waals surface area contributed by atoms with Gasteiger partial charge in [-0.3, -0.25) is 4.90 Å². The van der Waals surface area contributed by atoms with Crippen molar-refractivity contribution in [3.05, 3.63) is 71.8 Å². The Hall–Kier alpha value is -1.64. The Bertz CT molecular complexity index is 561. The number of aliphatic hydroxyl groups is 1. The fourth-order valence-corrected chi connectivity index (χ4v) is 3.81. The lowest BCUT2D eigenvalue weighted by atomic mass is 9.80. The quantitative estimate of drug-likeness (QED) is 0.827. The number of hydrogen-bond donors (Lipinski definition) is 1. The second-order valence-corrected chi connectivity index (χ2v) is 7.19. The molecule has 1 N–H and O–H groups in total. The summed E-state index contributed by atoms with van der Waals surface area (Å²) in [6, 6.07) is 22.0. The molecule has 2 heteroatoms. The molecule has 0 spiro atoms. The van der Waals surface area contributed by atoms with Gasteiger partial charge in [-0.2, -0.15) is 0 Å². The molecular formula is C22H29NO. The van der Waals surface area contributed by atoms with Crippen molar-refractivity contribution in [2.45, 2.75) is 63.8 Å². The predicted octanol–water partition coefficient (Wildman–Crippen LogP) is 4.77. The summed E-state index contributed by atoms with van der Waals surface area (Å²) in [4.78, 5) is 2.60. The second kappa shape index (κ2) is 7.96. The average molecular weight is 323 g/mol. The molecule has 0 bridgehead atoms. The van der Waals surface area contributed by atoms with Gasteiger partial charge in [-0.05, 0) is 43.2 Å². The molecular weight excluding hydrogens is 294 g/mol. The smallest absolute Gasteiger partial charge is 0.0646 e. The first kappa shape index (κ1) is 17.2. The molecule has 2 aromatic rings. The van der Waals surface area contributed by atoms with Crippen LogP contribution in [0, 0.1) is 0 Å². The standard InChI is InChI=1S/C22H29NO/c1-2-22(24)15-13-21(14-16-22)23(17-19-9-5-3-6-10-19)18-20-11-7-4-8-12-20/h3-12,21,24H,2,13-18H2,1H3. The highest BCUT2D eigenvalue weighted by Crippen LogP contribution is 2.34. The zero-order chi connectivity index (χ0) is 16.8. The van der Waals surface area contributed by atoms with Crippen molar-refractivity contribution in [2.24, 2.45) is 0 Å². The van der Waals surface area contributed by atoms with Crippen molar-refractivity contribution >= 4 is 0 Å². The number of nitrogens with zero attached hydrogens (tertiary/aromatic N) is 1. The van der Waals surface area contributed by atoms with E-state index >= 15 is 0 Å². The van der Waals surface area contributed by atoms with E-state index in [1.54, 1.807) is 0 Å². The normalized spacial score (nSPS) is 24.2. The largest absolute Gasteiger partial charge is 0.390 e. The van der Waals surface area contributed by atoms with Gasteiger partial charge in [-0.15, -0.1) is 0 Å². The van der Waals surface area contributed by atoms with Gasteiger partial charge < -0.3 is 5.11 Å². The van der Waals surface area contributed by atoms with Gasteiger partial charge in [-0.25, -0.2) is 0 Å². The maximum atomic E-state index is 10.5. The Balaban J connectivity index is 1.72. The van der Waals surface area contributed by atoms with E-state index in [4.69, 9.17) is 0 Å². The zero-order valence-electron chi connectivity index (χ0n) is 14.7. The van der Waals surface area contributed by atoms with Crippen LogP contribution in [-0.2, 0) is 13.1 Å². The van der Waals surface area contributed by atoms with Crippen LogP contribution in [-0.4, -0.2) is 21.6 Å². The molecule has 0 atom stereocenters. The SMILES string of the molecule is CCC1(O)CCC(N(Cc2ccccc2)Cc2ccccc2)CC1. The van der Waals surface area contributed by atoms with Crippen molar-refractivity contribution in [3.63, 3.8) is 0 Å². The lowest BCUT2D eigenvalue weighted by Gasteiger charge is -2.40. The molecule has 2 nitrogen and oxygen atoms in total. The summed E-state index contributed by atoms with van der Waals surface area (Å²) < 4.78 is 0. The minimum absolute atomic E-state index is 0.429.